The number of primary amides is 1. The van der Waals surface area contributed by atoms with Crippen molar-refractivity contribution in [3.05, 3.63) is 35.8 Å². The van der Waals surface area contributed by atoms with Crippen LogP contribution >= 0.6 is 0 Å². The molecule has 0 unspecified atom stereocenters. The number of nitrogens with one attached hydrogen (secondary N) is 1. The number of anilines is 1. The first-order chi connectivity index (χ1) is 11.0. The minimum Gasteiger partial charge on any atom is -0.507 e. The van der Waals surface area contributed by atoms with E-state index in [9.17, 15) is 14.7 Å². The molecule has 0 spiro atoms. The van der Waals surface area contributed by atoms with E-state index < -0.39 is 11.9 Å². The molecule has 0 bridgehead atoms. The number of phenolic OH excluding ortho intramolecular Hbond substituents is 1. The first-order valence-electron chi connectivity index (χ1n) is 7.11. The van der Waals surface area contributed by atoms with Gasteiger partial charge in [-0.25, -0.2) is 9.78 Å². The van der Waals surface area contributed by atoms with Crippen LogP contribution in [0.4, 0.5) is 5.69 Å². The summed E-state index contributed by atoms with van der Waals surface area (Å²) in [6, 6.07) is 4.66. The monoisotopic (exact) mass is 318 g/mol. The molecule has 1 aromatic carbocycles. The second-order valence-electron chi connectivity index (χ2n) is 4.71. The van der Waals surface area contributed by atoms with Gasteiger partial charge in [0.15, 0.2) is 5.69 Å². The van der Waals surface area contributed by atoms with Gasteiger partial charge in [-0.05, 0) is 26.0 Å². The molecule has 8 nitrogen and oxygen atoms in total. The number of amides is 1. The number of carbonyl (C=O) groups is 2. The Balaban J connectivity index is 2.23. The molecule has 1 heterocycles. The summed E-state index contributed by atoms with van der Waals surface area (Å²) in [5, 5.41) is 10.1. The van der Waals surface area contributed by atoms with Crippen LogP contribution in [0.2, 0.25) is 0 Å². The number of esters is 1. The van der Waals surface area contributed by atoms with Gasteiger partial charge in [0.2, 0.25) is 0 Å². The number of aromatic amines is 1. The van der Waals surface area contributed by atoms with Crippen molar-refractivity contribution in [2.75, 3.05) is 18.0 Å². The highest BCUT2D eigenvalue weighted by Gasteiger charge is 2.20. The first-order valence-corrected chi connectivity index (χ1v) is 7.11. The normalized spacial score (nSPS) is 10.3. The molecule has 2 aromatic rings. The molecule has 0 saturated carbocycles. The lowest BCUT2D eigenvalue weighted by Crippen LogP contribution is -2.22. The molecular formula is C15H18N4O4. The summed E-state index contributed by atoms with van der Waals surface area (Å²) in [5.74, 6) is -2.07. The van der Waals surface area contributed by atoms with Crippen LogP contribution in [0.15, 0.2) is 24.5 Å². The molecule has 2 rings (SSSR count). The Bertz CT molecular complexity index is 722. The predicted molar refractivity (Wildman–Crippen MR) is 83.7 cm³/mol. The quantitative estimate of drug-likeness (QED) is 0.690. The zero-order valence-corrected chi connectivity index (χ0v) is 12.9. The van der Waals surface area contributed by atoms with Gasteiger partial charge in [-0.1, -0.05) is 0 Å². The van der Waals surface area contributed by atoms with E-state index in [-0.39, 0.29) is 22.9 Å². The number of carbonyl (C=O) groups excluding carboxylic acids is 2. The maximum absolute atomic E-state index is 12.1. The maximum Gasteiger partial charge on any atom is 0.348 e. The molecule has 23 heavy (non-hydrogen) atoms. The Morgan fingerprint density at radius 1 is 1.35 bits per heavy atom. The summed E-state index contributed by atoms with van der Waals surface area (Å²) in [6.45, 7) is 5.53. The van der Waals surface area contributed by atoms with Gasteiger partial charge >= 0.3 is 5.97 Å². The smallest absolute Gasteiger partial charge is 0.348 e. The Morgan fingerprint density at radius 3 is 2.61 bits per heavy atom. The summed E-state index contributed by atoms with van der Waals surface area (Å²) in [7, 11) is 0. The SMILES string of the molecule is CCN(CC)c1ccc(C(=O)Oc2nc[nH]c2C(N)=O)c(O)c1. The summed E-state index contributed by atoms with van der Waals surface area (Å²) in [6.07, 6.45) is 1.19. The summed E-state index contributed by atoms with van der Waals surface area (Å²) < 4.78 is 5.01. The summed E-state index contributed by atoms with van der Waals surface area (Å²) in [5.41, 5.74) is 5.78. The molecule has 122 valence electrons. The molecule has 0 atom stereocenters. The maximum atomic E-state index is 12.1. The number of nitrogens with zero attached hydrogens (tertiary/aromatic N) is 2. The topological polar surface area (TPSA) is 122 Å². The zero-order chi connectivity index (χ0) is 17.0. The zero-order valence-electron chi connectivity index (χ0n) is 12.9. The predicted octanol–water partition coefficient (Wildman–Crippen LogP) is 1.28. The highest BCUT2D eigenvalue weighted by Crippen LogP contribution is 2.26. The van der Waals surface area contributed by atoms with Crippen LogP contribution in [-0.2, 0) is 0 Å². The van der Waals surface area contributed by atoms with Gasteiger partial charge in [0.1, 0.15) is 11.3 Å². The Hall–Kier alpha value is -3.03. The number of rotatable bonds is 6. The molecule has 1 aromatic heterocycles. The number of H-pyrrole nitrogens is 1. The molecule has 0 aliphatic heterocycles. The highest BCUT2D eigenvalue weighted by atomic mass is 16.5. The van der Waals surface area contributed by atoms with Crippen LogP contribution in [0.25, 0.3) is 0 Å². The number of phenols is 1. The van der Waals surface area contributed by atoms with Crippen LogP contribution in [0.3, 0.4) is 0 Å². The molecular weight excluding hydrogens is 300 g/mol. The van der Waals surface area contributed by atoms with Gasteiger partial charge in [-0.15, -0.1) is 0 Å². The Kier molecular flexibility index (Phi) is 4.85. The van der Waals surface area contributed by atoms with E-state index in [1.807, 2.05) is 18.7 Å². The minimum atomic E-state index is -0.830. The van der Waals surface area contributed by atoms with E-state index in [0.717, 1.165) is 18.8 Å². The van der Waals surface area contributed by atoms with Crippen LogP contribution < -0.4 is 15.4 Å². The highest BCUT2D eigenvalue weighted by molar-refractivity contribution is 5.97. The van der Waals surface area contributed by atoms with Gasteiger partial charge in [-0.2, -0.15) is 0 Å². The lowest BCUT2D eigenvalue weighted by atomic mass is 10.1. The van der Waals surface area contributed by atoms with Crippen LogP contribution in [-0.4, -0.2) is 40.0 Å². The van der Waals surface area contributed by atoms with Gasteiger partial charge in [0, 0.05) is 24.8 Å². The second kappa shape index (κ2) is 6.82. The third-order valence-corrected chi connectivity index (χ3v) is 3.37. The van der Waals surface area contributed by atoms with Gasteiger partial charge in [0.25, 0.3) is 11.8 Å². The molecule has 0 radical (unpaired) electrons. The fraction of sp³-hybridized carbons (Fsp3) is 0.267. The van der Waals surface area contributed by atoms with E-state index in [1.54, 1.807) is 6.07 Å². The van der Waals surface area contributed by atoms with Crippen molar-refractivity contribution in [2.24, 2.45) is 5.73 Å². The number of imidazole rings is 1. The fourth-order valence-electron chi connectivity index (χ4n) is 2.16. The van der Waals surface area contributed by atoms with E-state index in [1.165, 1.54) is 18.5 Å². The number of hydrogen-bond acceptors (Lipinski definition) is 6. The van der Waals surface area contributed by atoms with Gasteiger partial charge in [0.05, 0.1) is 6.33 Å². The molecule has 0 saturated heterocycles. The van der Waals surface area contributed by atoms with Crippen molar-refractivity contribution in [1.29, 1.82) is 0 Å². The molecule has 8 heteroatoms. The van der Waals surface area contributed by atoms with Crippen molar-refractivity contribution >= 4 is 17.6 Å². The number of aromatic hydroxyl groups is 1. The lowest BCUT2D eigenvalue weighted by Gasteiger charge is -2.21. The van der Waals surface area contributed by atoms with Crippen molar-refractivity contribution < 1.29 is 19.4 Å². The van der Waals surface area contributed by atoms with E-state index in [4.69, 9.17) is 10.5 Å². The number of benzene rings is 1. The average molecular weight is 318 g/mol. The third kappa shape index (κ3) is 3.42. The van der Waals surface area contributed by atoms with Crippen LogP contribution in [0.1, 0.15) is 34.7 Å². The summed E-state index contributed by atoms with van der Waals surface area (Å²) in [4.78, 5) is 31.5. The minimum absolute atomic E-state index is 0.0284. The second-order valence-corrected chi connectivity index (χ2v) is 4.71. The van der Waals surface area contributed by atoms with Crippen molar-refractivity contribution in [1.82, 2.24) is 9.97 Å². The van der Waals surface area contributed by atoms with Crippen molar-refractivity contribution in [3.63, 3.8) is 0 Å². The molecule has 0 aliphatic carbocycles. The van der Waals surface area contributed by atoms with Crippen LogP contribution in [0, 0.1) is 0 Å². The molecule has 1 amide bonds. The average Bonchev–Trinajstić information content (AvgIpc) is 2.96. The summed E-state index contributed by atoms with van der Waals surface area (Å²) >= 11 is 0. The van der Waals surface area contributed by atoms with E-state index >= 15 is 0 Å². The van der Waals surface area contributed by atoms with E-state index in [2.05, 4.69) is 9.97 Å². The Labute approximate surface area is 132 Å². The van der Waals surface area contributed by atoms with Crippen molar-refractivity contribution in [3.8, 4) is 11.6 Å². The van der Waals surface area contributed by atoms with Gasteiger partial charge in [-0.3, -0.25) is 4.79 Å². The number of hydrogen-bond donors (Lipinski definition) is 3. The largest absolute Gasteiger partial charge is 0.507 e. The fourth-order valence-corrected chi connectivity index (χ4v) is 2.16. The molecule has 0 aliphatic rings. The molecule has 0 fully saturated rings. The van der Waals surface area contributed by atoms with Gasteiger partial charge < -0.3 is 25.5 Å². The molecule has 4 N–H and O–H groups in total. The third-order valence-electron chi connectivity index (χ3n) is 3.37. The van der Waals surface area contributed by atoms with E-state index in [0.29, 0.717) is 0 Å². The number of aromatic nitrogens is 2. The first kappa shape index (κ1) is 16.3. The van der Waals surface area contributed by atoms with Crippen LogP contribution in [0.5, 0.6) is 11.6 Å². The number of nitrogens with two attached hydrogens (primary N) is 1. The number of ether oxygens (including phenoxy) is 1. The lowest BCUT2D eigenvalue weighted by molar-refractivity contribution is 0.0723. The Morgan fingerprint density at radius 2 is 2.04 bits per heavy atom. The standard InChI is InChI=1S/C15H18N4O4/c1-3-19(4-2)9-5-6-10(11(20)7-9)15(22)23-14-12(13(16)21)17-8-18-14/h5-8,20H,3-4H2,1-2H3,(H2,16,21)(H,17,18). The van der Waals surface area contributed by atoms with Crippen molar-refractivity contribution in [2.45, 2.75) is 13.8 Å².